The summed E-state index contributed by atoms with van der Waals surface area (Å²) in [6.45, 7) is 3.73. The van der Waals surface area contributed by atoms with Crippen molar-refractivity contribution >= 4 is 17.5 Å². The fraction of sp³-hybridized carbons (Fsp3) is 0.150. The maximum atomic E-state index is 14.5. The summed E-state index contributed by atoms with van der Waals surface area (Å²) >= 11 is 5.95. The molecule has 0 spiro atoms. The number of nitrogens with one attached hydrogen (secondary N) is 1. The van der Waals surface area contributed by atoms with E-state index in [-0.39, 0.29) is 5.69 Å². The Hall–Kier alpha value is -2.70. The highest BCUT2D eigenvalue weighted by atomic mass is 35.5. The first kappa shape index (κ1) is 19.1. The average Bonchev–Trinajstić information content (AvgIpc) is 2.98. The Balaban J connectivity index is 2.21. The topological polar surface area (TPSA) is 43.3 Å². The van der Waals surface area contributed by atoms with Gasteiger partial charge >= 0.3 is 0 Å². The molecule has 1 heterocycles. The van der Waals surface area contributed by atoms with Crippen molar-refractivity contribution in [3.63, 3.8) is 0 Å². The molecule has 3 rings (SSSR count). The Morgan fingerprint density at radius 3 is 2.48 bits per heavy atom. The monoisotopic (exact) mass is 390 g/mol. The molecule has 1 N–H and O–H groups in total. The van der Waals surface area contributed by atoms with Crippen molar-refractivity contribution in [1.29, 1.82) is 0 Å². The van der Waals surface area contributed by atoms with Gasteiger partial charge in [0.25, 0.3) is 5.91 Å². The first-order valence-corrected chi connectivity index (χ1v) is 8.66. The van der Waals surface area contributed by atoms with Crippen LogP contribution in [-0.4, -0.2) is 17.1 Å². The predicted octanol–water partition coefficient (Wildman–Crippen LogP) is 5.07. The molecule has 140 valence electrons. The molecule has 0 atom stereocenters. The van der Waals surface area contributed by atoms with Gasteiger partial charge in [0, 0.05) is 16.8 Å². The molecule has 0 saturated heterocycles. The number of hydrogen-bond acceptors (Lipinski definition) is 2. The normalized spacial score (nSPS) is 10.9. The highest BCUT2D eigenvalue weighted by molar-refractivity contribution is 6.30. The van der Waals surface area contributed by atoms with Crippen LogP contribution in [0.3, 0.4) is 0 Å². The van der Waals surface area contributed by atoms with E-state index in [1.807, 2.05) is 0 Å². The molecule has 2 aromatic carbocycles. The summed E-state index contributed by atoms with van der Waals surface area (Å²) in [4.78, 5) is 17.4. The molecule has 1 amide bonds. The number of carbonyl (C=O) groups is 1. The lowest BCUT2D eigenvalue weighted by Crippen LogP contribution is -2.24. The molecule has 0 unspecified atom stereocenters. The second-order valence-electron chi connectivity index (χ2n) is 5.83. The van der Waals surface area contributed by atoms with Crippen LogP contribution in [0.5, 0.6) is 0 Å². The van der Waals surface area contributed by atoms with E-state index in [2.05, 4.69) is 5.48 Å². The summed E-state index contributed by atoms with van der Waals surface area (Å²) in [5.41, 5.74) is 4.57. The Kier molecular flexibility index (Phi) is 5.58. The number of carbonyl (C=O) groups excluding carboxylic acids is 1. The Labute approximate surface area is 160 Å². The van der Waals surface area contributed by atoms with Crippen molar-refractivity contribution in [3.05, 3.63) is 76.4 Å². The Morgan fingerprint density at radius 2 is 1.85 bits per heavy atom. The van der Waals surface area contributed by atoms with Gasteiger partial charge in [0.2, 0.25) is 0 Å². The maximum absolute atomic E-state index is 14.5. The van der Waals surface area contributed by atoms with Crippen LogP contribution >= 0.6 is 11.6 Å². The van der Waals surface area contributed by atoms with Crippen molar-refractivity contribution in [1.82, 2.24) is 10.0 Å². The van der Waals surface area contributed by atoms with Crippen LogP contribution in [0.2, 0.25) is 5.02 Å². The Bertz CT molecular complexity index is 984. The van der Waals surface area contributed by atoms with Crippen LogP contribution in [0, 0.1) is 18.6 Å². The highest BCUT2D eigenvalue weighted by Gasteiger charge is 2.21. The van der Waals surface area contributed by atoms with Gasteiger partial charge in [0.05, 0.1) is 23.6 Å². The van der Waals surface area contributed by atoms with Crippen molar-refractivity contribution in [3.8, 4) is 16.9 Å². The quantitative estimate of drug-likeness (QED) is 0.618. The van der Waals surface area contributed by atoms with Gasteiger partial charge in [0.15, 0.2) is 0 Å². The number of rotatable bonds is 5. The van der Waals surface area contributed by atoms with E-state index in [9.17, 15) is 13.6 Å². The summed E-state index contributed by atoms with van der Waals surface area (Å²) < 4.78 is 29.4. The smallest absolute Gasteiger partial charge is 0.276 e. The molecule has 0 bridgehead atoms. The van der Waals surface area contributed by atoms with Crippen molar-refractivity contribution in [2.45, 2.75) is 13.8 Å². The largest absolute Gasteiger partial charge is 0.310 e. The van der Waals surface area contributed by atoms with Crippen molar-refractivity contribution in [2.24, 2.45) is 0 Å². The molecular weight excluding hydrogens is 374 g/mol. The van der Waals surface area contributed by atoms with Gasteiger partial charge in [-0.25, -0.2) is 14.3 Å². The molecule has 1 aromatic heterocycles. The molecule has 27 heavy (non-hydrogen) atoms. The van der Waals surface area contributed by atoms with Crippen molar-refractivity contribution in [2.75, 3.05) is 6.61 Å². The third-order valence-electron chi connectivity index (χ3n) is 4.09. The molecule has 0 aliphatic heterocycles. The summed E-state index contributed by atoms with van der Waals surface area (Å²) in [6.07, 6.45) is 0. The average molecular weight is 391 g/mol. The van der Waals surface area contributed by atoms with Crippen LogP contribution in [0.25, 0.3) is 16.9 Å². The number of amides is 1. The molecule has 0 fully saturated rings. The molecule has 3 aromatic rings. The van der Waals surface area contributed by atoms with Crippen LogP contribution in [0.15, 0.2) is 48.5 Å². The summed E-state index contributed by atoms with van der Waals surface area (Å²) in [5, 5.41) is 0.552. The molecule has 4 nitrogen and oxygen atoms in total. The molecule has 7 heteroatoms. The second kappa shape index (κ2) is 7.90. The minimum atomic E-state index is -0.735. The Morgan fingerprint density at radius 1 is 1.15 bits per heavy atom. The lowest BCUT2D eigenvalue weighted by Gasteiger charge is -2.13. The number of hydrogen-bond donors (Lipinski definition) is 1. The number of benzene rings is 2. The van der Waals surface area contributed by atoms with Crippen LogP contribution < -0.4 is 5.48 Å². The lowest BCUT2D eigenvalue weighted by molar-refractivity contribution is 0.0364. The van der Waals surface area contributed by atoms with E-state index in [0.29, 0.717) is 28.6 Å². The SMILES string of the molecule is CCONC(=O)c1cc(-c2ccc(Cl)cc2)n(-c2ccc(F)cc2F)c1C. The number of nitrogens with zero attached hydrogens (tertiary/aromatic N) is 1. The summed E-state index contributed by atoms with van der Waals surface area (Å²) in [5.74, 6) is -1.87. The van der Waals surface area contributed by atoms with Gasteiger partial charge in [-0.1, -0.05) is 23.7 Å². The number of hydroxylamine groups is 1. The highest BCUT2D eigenvalue weighted by Crippen LogP contribution is 2.31. The van der Waals surface area contributed by atoms with Gasteiger partial charge in [-0.15, -0.1) is 0 Å². The van der Waals surface area contributed by atoms with E-state index in [1.54, 1.807) is 48.7 Å². The predicted molar refractivity (Wildman–Crippen MR) is 100.0 cm³/mol. The standard InChI is InChI=1S/C20H17ClF2N2O2/c1-3-27-24-20(26)16-11-19(13-4-6-14(21)7-5-13)25(12(16)2)18-9-8-15(22)10-17(18)23/h4-11H,3H2,1-2H3,(H,24,26). The van der Waals surface area contributed by atoms with E-state index >= 15 is 0 Å². The first-order valence-electron chi connectivity index (χ1n) is 8.28. The lowest BCUT2D eigenvalue weighted by atomic mass is 10.1. The number of aromatic nitrogens is 1. The van der Waals surface area contributed by atoms with Crippen molar-refractivity contribution < 1.29 is 18.4 Å². The molecule has 0 aliphatic carbocycles. The van der Waals surface area contributed by atoms with E-state index in [4.69, 9.17) is 16.4 Å². The molecule has 0 saturated carbocycles. The maximum Gasteiger partial charge on any atom is 0.276 e. The first-order chi connectivity index (χ1) is 12.9. The third kappa shape index (κ3) is 3.86. The zero-order valence-electron chi connectivity index (χ0n) is 14.7. The zero-order valence-corrected chi connectivity index (χ0v) is 15.5. The molecule has 0 aliphatic rings. The summed E-state index contributed by atoms with van der Waals surface area (Å²) in [6, 6.07) is 11.9. The van der Waals surface area contributed by atoms with Gasteiger partial charge in [-0.05, 0) is 49.7 Å². The molecular formula is C20H17ClF2N2O2. The van der Waals surface area contributed by atoms with Gasteiger partial charge in [-0.2, -0.15) is 0 Å². The third-order valence-corrected chi connectivity index (χ3v) is 4.34. The van der Waals surface area contributed by atoms with Crippen LogP contribution in [0.1, 0.15) is 23.0 Å². The van der Waals surface area contributed by atoms with Gasteiger partial charge < -0.3 is 4.57 Å². The van der Waals surface area contributed by atoms with Gasteiger partial charge in [-0.3, -0.25) is 9.63 Å². The zero-order chi connectivity index (χ0) is 19.6. The van der Waals surface area contributed by atoms with E-state index in [0.717, 1.165) is 11.6 Å². The van der Waals surface area contributed by atoms with Gasteiger partial charge in [0.1, 0.15) is 11.6 Å². The fourth-order valence-corrected chi connectivity index (χ4v) is 2.96. The summed E-state index contributed by atoms with van der Waals surface area (Å²) in [7, 11) is 0. The minimum absolute atomic E-state index is 0.134. The minimum Gasteiger partial charge on any atom is -0.310 e. The van der Waals surface area contributed by atoms with E-state index < -0.39 is 17.5 Å². The number of halogens is 3. The second-order valence-corrected chi connectivity index (χ2v) is 6.27. The molecule has 0 radical (unpaired) electrons. The van der Waals surface area contributed by atoms with Crippen LogP contribution in [-0.2, 0) is 4.84 Å². The fourth-order valence-electron chi connectivity index (χ4n) is 2.84. The van der Waals surface area contributed by atoms with Crippen LogP contribution in [0.4, 0.5) is 8.78 Å². The van der Waals surface area contributed by atoms with E-state index in [1.165, 1.54) is 12.1 Å².